The van der Waals surface area contributed by atoms with Crippen LogP contribution >= 0.6 is 11.8 Å². The van der Waals surface area contributed by atoms with E-state index in [2.05, 4.69) is 55.6 Å². The summed E-state index contributed by atoms with van der Waals surface area (Å²) in [4.78, 5) is 0. The largest absolute Gasteiger partial charge is 0.317 e. The van der Waals surface area contributed by atoms with Gasteiger partial charge in [-0.1, -0.05) is 27.7 Å². The second-order valence-corrected chi connectivity index (χ2v) is 14.1. The van der Waals surface area contributed by atoms with E-state index in [1.165, 1.54) is 75.7 Å². The summed E-state index contributed by atoms with van der Waals surface area (Å²) in [6.45, 7) is 12.6. The van der Waals surface area contributed by atoms with Crippen molar-refractivity contribution < 1.29 is 0 Å². The molecule has 7 unspecified atom stereocenters. The summed E-state index contributed by atoms with van der Waals surface area (Å²) < 4.78 is 0. The van der Waals surface area contributed by atoms with Gasteiger partial charge in [-0.05, 0) is 122 Å². The molecule has 0 saturated heterocycles. The Labute approximate surface area is 209 Å². The minimum absolute atomic E-state index is 0.490. The molecule has 5 N–H and O–H groups in total. The number of thioether (sulfide) groups is 1. The molecule has 5 heteroatoms. The van der Waals surface area contributed by atoms with Crippen LogP contribution in [0.25, 0.3) is 0 Å². The van der Waals surface area contributed by atoms with Crippen molar-refractivity contribution in [3.05, 3.63) is 0 Å². The van der Waals surface area contributed by atoms with Crippen molar-refractivity contribution in [2.75, 3.05) is 31.3 Å². The molecule has 0 aromatic carbocycles. The lowest BCUT2D eigenvalue weighted by atomic mass is 9.44. The van der Waals surface area contributed by atoms with Crippen LogP contribution in [-0.2, 0) is 0 Å². The summed E-state index contributed by atoms with van der Waals surface area (Å²) in [5.41, 5.74) is 12.9. The average Bonchev–Trinajstić information content (AvgIpc) is 3.13. The molecule has 4 aliphatic rings. The van der Waals surface area contributed by atoms with E-state index in [9.17, 15) is 0 Å². The van der Waals surface area contributed by atoms with Crippen LogP contribution in [-0.4, -0.2) is 37.3 Å². The van der Waals surface area contributed by atoms with Gasteiger partial charge in [0.25, 0.3) is 0 Å². The lowest BCUT2D eigenvalue weighted by Crippen LogP contribution is -2.55. The maximum atomic E-state index is 5.48. The number of hydrazine groups is 1. The van der Waals surface area contributed by atoms with E-state index < -0.39 is 0 Å². The zero-order valence-electron chi connectivity index (χ0n) is 22.1. The first-order valence-corrected chi connectivity index (χ1v) is 15.5. The van der Waals surface area contributed by atoms with Crippen molar-refractivity contribution >= 4 is 11.8 Å². The molecule has 0 aliphatic heterocycles. The van der Waals surface area contributed by atoms with Gasteiger partial charge in [0.1, 0.15) is 0 Å². The molecule has 0 radical (unpaired) electrons. The Bertz CT molecular complexity index is 615. The topological polar surface area (TPSA) is 62.1 Å². The normalized spacial score (nSPS) is 42.7. The molecule has 0 aromatic heterocycles. The second-order valence-electron chi connectivity index (χ2n) is 13.0. The van der Waals surface area contributed by atoms with Crippen molar-refractivity contribution in [2.24, 2.45) is 52.1 Å². The van der Waals surface area contributed by atoms with Crippen LogP contribution in [0.5, 0.6) is 0 Å². The quantitative estimate of drug-likeness (QED) is 0.182. The molecular formula is C28H54N4S. The van der Waals surface area contributed by atoms with Crippen molar-refractivity contribution in [2.45, 2.75) is 97.9 Å². The van der Waals surface area contributed by atoms with Crippen LogP contribution in [0.2, 0.25) is 0 Å². The van der Waals surface area contributed by atoms with Crippen LogP contribution in [0, 0.1) is 46.3 Å². The Hall–Kier alpha value is 0.190. The van der Waals surface area contributed by atoms with Gasteiger partial charge in [0.2, 0.25) is 0 Å². The van der Waals surface area contributed by atoms with E-state index in [0.717, 1.165) is 48.6 Å². The number of hydrogen-bond acceptors (Lipinski definition) is 5. The molecule has 0 amide bonds. The molecule has 192 valence electrons. The Kier molecular flexibility index (Phi) is 9.15. The highest BCUT2D eigenvalue weighted by Gasteiger charge is 2.59. The van der Waals surface area contributed by atoms with Crippen LogP contribution in [0.15, 0.2) is 0 Å². The molecule has 4 rings (SSSR count). The van der Waals surface area contributed by atoms with Gasteiger partial charge in [-0.15, -0.1) is 0 Å². The van der Waals surface area contributed by atoms with Crippen LogP contribution < -0.4 is 21.9 Å². The molecule has 0 aromatic rings. The third-order valence-corrected chi connectivity index (χ3v) is 12.3. The van der Waals surface area contributed by atoms with Crippen molar-refractivity contribution in [3.63, 3.8) is 0 Å². The molecule has 4 saturated carbocycles. The summed E-state index contributed by atoms with van der Waals surface area (Å²) in [6.07, 6.45) is 14.8. The molecule has 8 atom stereocenters. The van der Waals surface area contributed by atoms with Crippen molar-refractivity contribution in [1.29, 1.82) is 0 Å². The summed E-state index contributed by atoms with van der Waals surface area (Å²) in [7, 11) is 0. The third kappa shape index (κ3) is 5.63. The van der Waals surface area contributed by atoms with Gasteiger partial charge in [-0.3, -0.25) is 5.43 Å². The van der Waals surface area contributed by atoms with E-state index in [1.807, 2.05) is 0 Å². The maximum Gasteiger partial charge on any atom is 0.0564 e. The molecule has 4 fully saturated rings. The highest BCUT2D eigenvalue weighted by Crippen LogP contribution is 2.67. The minimum Gasteiger partial charge on any atom is -0.317 e. The predicted octanol–water partition coefficient (Wildman–Crippen LogP) is 5.39. The fraction of sp³-hybridized carbons (Fsp3) is 1.00. The Morgan fingerprint density at radius 3 is 2.48 bits per heavy atom. The molecule has 0 spiro atoms. The molecule has 4 aliphatic carbocycles. The first-order valence-electron chi connectivity index (χ1n) is 14.4. The zero-order valence-corrected chi connectivity index (χ0v) is 23.0. The maximum absolute atomic E-state index is 5.48. The summed E-state index contributed by atoms with van der Waals surface area (Å²) in [6, 6.07) is 0.715. The molecular weight excluding hydrogens is 424 g/mol. The van der Waals surface area contributed by atoms with E-state index in [0.29, 0.717) is 23.5 Å². The average molecular weight is 479 g/mol. The van der Waals surface area contributed by atoms with E-state index >= 15 is 0 Å². The van der Waals surface area contributed by atoms with Crippen LogP contribution in [0.3, 0.4) is 0 Å². The van der Waals surface area contributed by atoms with Crippen molar-refractivity contribution in [3.8, 4) is 0 Å². The van der Waals surface area contributed by atoms with Gasteiger partial charge in [0, 0.05) is 19.1 Å². The lowest BCUT2D eigenvalue weighted by Gasteiger charge is -2.61. The smallest absolute Gasteiger partial charge is 0.0564 e. The molecule has 4 nitrogen and oxygen atoms in total. The summed E-state index contributed by atoms with van der Waals surface area (Å²) in [5.74, 6) is 8.55. The number of nitrogens with two attached hydrogens (primary N) is 1. The minimum atomic E-state index is 0.490. The number of rotatable bonds is 11. The van der Waals surface area contributed by atoms with Gasteiger partial charge < -0.3 is 11.1 Å². The van der Waals surface area contributed by atoms with E-state index in [1.54, 1.807) is 0 Å². The van der Waals surface area contributed by atoms with Crippen LogP contribution in [0.1, 0.15) is 91.9 Å². The van der Waals surface area contributed by atoms with Gasteiger partial charge in [-0.25, -0.2) is 5.43 Å². The molecule has 0 bridgehead atoms. The first-order chi connectivity index (χ1) is 15.9. The van der Waals surface area contributed by atoms with Crippen molar-refractivity contribution in [1.82, 2.24) is 16.2 Å². The monoisotopic (exact) mass is 478 g/mol. The highest BCUT2D eigenvalue weighted by atomic mass is 32.2. The molecule has 33 heavy (non-hydrogen) atoms. The van der Waals surface area contributed by atoms with E-state index in [4.69, 9.17) is 5.73 Å². The lowest BCUT2D eigenvalue weighted by molar-refractivity contribution is -0.114. The SMILES string of the molecule is CC(C)CSCC[C@H]1CCC2C3CCC4CC(NCCNNCN)CCC4(C)C3CCC21C. The van der Waals surface area contributed by atoms with Crippen LogP contribution in [0.4, 0.5) is 0 Å². The standard InChI is InChI=1S/C28H54N4S/c1-20(2)18-33-16-11-21-6-8-25-24-7-5-22-17-23(30-14-15-31-32-19-29)9-12-28(22,4)26(24)10-13-27(21,25)3/h20-26,30-32H,5-19,29H2,1-4H3/t21-,22?,23?,24?,25?,26?,27?,28?/m1/s1. The molecule has 0 heterocycles. The predicted molar refractivity (Wildman–Crippen MR) is 144 cm³/mol. The van der Waals surface area contributed by atoms with Gasteiger partial charge in [0.05, 0.1) is 6.67 Å². The number of hydrogen-bond donors (Lipinski definition) is 4. The van der Waals surface area contributed by atoms with Gasteiger partial charge in [-0.2, -0.15) is 11.8 Å². The fourth-order valence-electron chi connectivity index (χ4n) is 9.07. The second kappa shape index (κ2) is 11.5. The Morgan fingerprint density at radius 1 is 0.909 bits per heavy atom. The number of nitrogens with one attached hydrogen (secondary N) is 3. The third-order valence-electron chi connectivity index (χ3n) is 10.8. The first kappa shape index (κ1) is 26.3. The highest BCUT2D eigenvalue weighted by molar-refractivity contribution is 7.99. The summed E-state index contributed by atoms with van der Waals surface area (Å²) >= 11 is 2.21. The Balaban J connectivity index is 1.31. The fourth-order valence-corrected chi connectivity index (χ4v) is 10.2. The Morgan fingerprint density at radius 2 is 1.70 bits per heavy atom. The van der Waals surface area contributed by atoms with Gasteiger partial charge in [0.15, 0.2) is 0 Å². The zero-order chi connectivity index (χ0) is 23.5. The van der Waals surface area contributed by atoms with E-state index in [-0.39, 0.29) is 0 Å². The summed E-state index contributed by atoms with van der Waals surface area (Å²) in [5, 5.41) is 3.84. The number of fused-ring (bicyclic) bond motifs is 5. The van der Waals surface area contributed by atoms with Gasteiger partial charge >= 0.3 is 0 Å².